The van der Waals surface area contributed by atoms with Crippen LogP contribution in [0.2, 0.25) is 0 Å². The van der Waals surface area contributed by atoms with Gasteiger partial charge >= 0.3 is 0 Å². The fourth-order valence-electron chi connectivity index (χ4n) is 5.19. The van der Waals surface area contributed by atoms with E-state index in [0.717, 1.165) is 52.8 Å². The zero-order valence-corrected chi connectivity index (χ0v) is 17.8. The maximum atomic E-state index is 13.2. The molecule has 9 heteroatoms. The molecule has 2 aliphatic rings. The lowest BCUT2D eigenvalue weighted by atomic mass is 10.00. The van der Waals surface area contributed by atoms with E-state index >= 15 is 0 Å². The predicted octanol–water partition coefficient (Wildman–Crippen LogP) is 2.03. The number of aromatic nitrogens is 5. The summed E-state index contributed by atoms with van der Waals surface area (Å²) in [5, 5.41) is 7.75. The van der Waals surface area contributed by atoms with Gasteiger partial charge in [-0.05, 0) is 37.1 Å². The van der Waals surface area contributed by atoms with Crippen molar-refractivity contribution in [3.63, 3.8) is 0 Å². The summed E-state index contributed by atoms with van der Waals surface area (Å²) in [7, 11) is 1.93. The Hall–Kier alpha value is -3.43. The number of nitrogens with zero attached hydrogens (tertiary/aromatic N) is 6. The van der Waals surface area contributed by atoms with E-state index < -0.39 is 0 Å². The Morgan fingerprint density at radius 3 is 3.03 bits per heavy atom. The summed E-state index contributed by atoms with van der Waals surface area (Å²) in [5.41, 5.74) is 4.14. The highest BCUT2D eigenvalue weighted by Crippen LogP contribution is 2.37. The van der Waals surface area contributed by atoms with Crippen molar-refractivity contribution in [3.05, 3.63) is 54.9 Å². The molecule has 162 valence electrons. The van der Waals surface area contributed by atoms with Crippen LogP contribution in [-0.4, -0.2) is 60.5 Å². The maximum absolute atomic E-state index is 13.2. The van der Waals surface area contributed by atoms with Crippen LogP contribution in [0.1, 0.15) is 24.6 Å². The fourth-order valence-corrected chi connectivity index (χ4v) is 5.19. The molecule has 0 radical (unpaired) electrons. The van der Waals surface area contributed by atoms with E-state index in [4.69, 9.17) is 0 Å². The van der Waals surface area contributed by atoms with Crippen LogP contribution in [0, 0.1) is 0 Å². The molecule has 3 aromatic heterocycles. The summed E-state index contributed by atoms with van der Waals surface area (Å²) < 4.78 is 1.90. The molecule has 2 fully saturated rings. The molecule has 3 unspecified atom stereocenters. The van der Waals surface area contributed by atoms with Crippen molar-refractivity contribution in [2.24, 2.45) is 7.05 Å². The van der Waals surface area contributed by atoms with Gasteiger partial charge in [0.1, 0.15) is 11.8 Å². The molecule has 1 amide bonds. The lowest BCUT2D eigenvalue weighted by molar-refractivity contribution is -0.118. The van der Waals surface area contributed by atoms with Gasteiger partial charge in [-0.1, -0.05) is 6.07 Å². The van der Waals surface area contributed by atoms with Gasteiger partial charge < -0.3 is 15.2 Å². The van der Waals surface area contributed by atoms with E-state index in [9.17, 15) is 4.79 Å². The molecule has 5 heterocycles. The van der Waals surface area contributed by atoms with Crippen LogP contribution in [0.4, 0.5) is 5.69 Å². The van der Waals surface area contributed by atoms with E-state index in [2.05, 4.69) is 35.5 Å². The molecule has 0 spiro atoms. The number of rotatable bonds is 4. The Morgan fingerprint density at radius 1 is 1.16 bits per heavy atom. The Kier molecular flexibility index (Phi) is 4.58. The van der Waals surface area contributed by atoms with Gasteiger partial charge in [-0.25, -0.2) is 15.0 Å². The third kappa shape index (κ3) is 3.21. The van der Waals surface area contributed by atoms with Gasteiger partial charge in [0.2, 0.25) is 5.91 Å². The van der Waals surface area contributed by atoms with Gasteiger partial charge in [0.15, 0.2) is 5.65 Å². The minimum absolute atomic E-state index is 0.0333. The second kappa shape index (κ2) is 7.61. The normalized spacial score (nSPS) is 23.1. The van der Waals surface area contributed by atoms with Gasteiger partial charge in [0.05, 0.1) is 35.8 Å². The number of fused-ring (bicyclic) bond motifs is 4. The van der Waals surface area contributed by atoms with Gasteiger partial charge in [0, 0.05) is 37.3 Å². The molecule has 0 saturated carbocycles. The number of amides is 1. The van der Waals surface area contributed by atoms with Crippen LogP contribution in [0.5, 0.6) is 0 Å². The Bertz CT molecular complexity index is 1310. The van der Waals surface area contributed by atoms with E-state index in [1.165, 1.54) is 0 Å². The largest absolute Gasteiger partial charge is 0.324 e. The number of aryl methyl sites for hydroxylation is 1. The number of nitrogens with one attached hydrogen (secondary N) is 2. The second-order valence-electron chi connectivity index (χ2n) is 8.63. The zero-order chi connectivity index (χ0) is 21.7. The standard InChI is InChI=1S/C23H24N8O/c1-30-13-27-21-20(25-12-26-23(21)30)22-18-8-7-14(28-18)10-31(22)11-19(32)29-17-6-2-5-16-15(17)4-3-9-24-16/h2-6,9,12-14,18,22,28H,7-8,10-11H2,1H3,(H,29,32). The fraction of sp³-hybridized carbons (Fsp3) is 0.348. The Labute approximate surface area is 184 Å². The first-order valence-corrected chi connectivity index (χ1v) is 10.9. The third-order valence-corrected chi connectivity index (χ3v) is 6.58. The molecule has 4 aromatic rings. The first-order chi connectivity index (χ1) is 15.7. The topological polar surface area (TPSA) is 101 Å². The number of carbonyl (C=O) groups is 1. The molecule has 0 aliphatic carbocycles. The average Bonchev–Trinajstić information content (AvgIpc) is 3.37. The van der Waals surface area contributed by atoms with E-state index in [0.29, 0.717) is 6.04 Å². The Balaban J connectivity index is 1.30. The number of anilines is 1. The van der Waals surface area contributed by atoms with Crippen LogP contribution >= 0.6 is 0 Å². The highest BCUT2D eigenvalue weighted by atomic mass is 16.2. The maximum Gasteiger partial charge on any atom is 0.238 e. The molecule has 3 atom stereocenters. The van der Waals surface area contributed by atoms with Crippen molar-refractivity contribution >= 4 is 33.7 Å². The number of hydrogen-bond acceptors (Lipinski definition) is 7. The lowest BCUT2D eigenvalue weighted by Gasteiger charge is -2.40. The van der Waals surface area contributed by atoms with Gasteiger partial charge in [0.25, 0.3) is 0 Å². The summed E-state index contributed by atoms with van der Waals surface area (Å²) in [4.78, 5) is 33.4. The quantitative estimate of drug-likeness (QED) is 0.513. The van der Waals surface area contributed by atoms with Crippen molar-refractivity contribution in [2.45, 2.75) is 31.0 Å². The number of likely N-dealkylation sites (tertiary alicyclic amines) is 1. The molecule has 6 rings (SSSR count). The van der Waals surface area contributed by atoms with Crippen LogP contribution in [0.15, 0.2) is 49.2 Å². The van der Waals surface area contributed by atoms with Crippen LogP contribution in [0.25, 0.3) is 22.1 Å². The van der Waals surface area contributed by atoms with Gasteiger partial charge in [-0.3, -0.25) is 14.7 Å². The molecular weight excluding hydrogens is 404 g/mol. The summed E-state index contributed by atoms with van der Waals surface area (Å²) in [6.45, 7) is 1.08. The first kappa shape index (κ1) is 19.3. The van der Waals surface area contributed by atoms with E-state index in [-0.39, 0.29) is 24.5 Å². The number of piperazine rings is 1. The number of imidazole rings is 1. The second-order valence-corrected chi connectivity index (χ2v) is 8.63. The van der Waals surface area contributed by atoms with E-state index in [1.807, 2.05) is 41.9 Å². The number of hydrogen-bond donors (Lipinski definition) is 2. The third-order valence-electron chi connectivity index (χ3n) is 6.58. The lowest BCUT2D eigenvalue weighted by Crippen LogP contribution is -2.54. The molecule has 2 bridgehead atoms. The predicted molar refractivity (Wildman–Crippen MR) is 121 cm³/mol. The number of carbonyl (C=O) groups excluding carboxylic acids is 1. The average molecular weight is 429 g/mol. The first-order valence-electron chi connectivity index (χ1n) is 10.9. The van der Waals surface area contributed by atoms with Crippen LogP contribution < -0.4 is 10.6 Å². The molecule has 1 aromatic carbocycles. The van der Waals surface area contributed by atoms with Gasteiger partial charge in [-0.2, -0.15) is 0 Å². The number of benzene rings is 1. The minimum Gasteiger partial charge on any atom is -0.324 e. The highest BCUT2D eigenvalue weighted by molar-refractivity contribution is 6.01. The molecule has 32 heavy (non-hydrogen) atoms. The van der Waals surface area contributed by atoms with Crippen molar-refractivity contribution in [1.82, 2.24) is 34.7 Å². The monoisotopic (exact) mass is 428 g/mol. The van der Waals surface area contributed by atoms with E-state index in [1.54, 1.807) is 18.9 Å². The Morgan fingerprint density at radius 2 is 2.09 bits per heavy atom. The molecular formula is C23H24N8O. The summed E-state index contributed by atoms with van der Waals surface area (Å²) in [5.74, 6) is -0.0426. The summed E-state index contributed by atoms with van der Waals surface area (Å²) in [6, 6.07) is 10.2. The smallest absolute Gasteiger partial charge is 0.238 e. The molecule has 2 N–H and O–H groups in total. The summed E-state index contributed by atoms with van der Waals surface area (Å²) in [6.07, 6.45) is 7.28. The molecule has 9 nitrogen and oxygen atoms in total. The van der Waals surface area contributed by atoms with Crippen molar-refractivity contribution < 1.29 is 4.79 Å². The minimum atomic E-state index is -0.0426. The number of pyridine rings is 1. The van der Waals surface area contributed by atoms with Crippen molar-refractivity contribution in [3.8, 4) is 0 Å². The zero-order valence-electron chi connectivity index (χ0n) is 17.8. The molecule has 2 aliphatic heterocycles. The van der Waals surface area contributed by atoms with Crippen molar-refractivity contribution in [2.75, 3.05) is 18.4 Å². The SMILES string of the molecule is Cn1cnc2c(C3C4CCC(CN3CC(=O)Nc3cccc5ncccc35)N4)ncnc21. The van der Waals surface area contributed by atoms with Crippen LogP contribution in [-0.2, 0) is 11.8 Å². The van der Waals surface area contributed by atoms with Crippen molar-refractivity contribution in [1.29, 1.82) is 0 Å². The summed E-state index contributed by atoms with van der Waals surface area (Å²) >= 11 is 0. The highest BCUT2D eigenvalue weighted by Gasteiger charge is 2.43. The van der Waals surface area contributed by atoms with Gasteiger partial charge in [-0.15, -0.1) is 0 Å². The molecule has 2 saturated heterocycles. The van der Waals surface area contributed by atoms with Crippen LogP contribution in [0.3, 0.4) is 0 Å².